The summed E-state index contributed by atoms with van der Waals surface area (Å²) < 4.78 is 13.2. The third-order valence-electron chi connectivity index (χ3n) is 4.66. The molecule has 0 bridgehead atoms. The summed E-state index contributed by atoms with van der Waals surface area (Å²) in [5, 5.41) is 14.1. The van der Waals surface area contributed by atoms with Crippen LogP contribution in [0.25, 0.3) is 5.69 Å². The molecule has 1 heterocycles. The van der Waals surface area contributed by atoms with Crippen LogP contribution >= 0.6 is 11.6 Å². The van der Waals surface area contributed by atoms with Crippen molar-refractivity contribution in [2.45, 2.75) is 20.1 Å². The van der Waals surface area contributed by atoms with Crippen LogP contribution < -0.4 is 9.47 Å². The van der Waals surface area contributed by atoms with Crippen LogP contribution in [0.5, 0.6) is 11.5 Å². The number of aromatic nitrogens is 2. The number of rotatable bonds is 9. The van der Waals surface area contributed by atoms with E-state index in [1.54, 1.807) is 11.8 Å². The van der Waals surface area contributed by atoms with Gasteiger partial charge < -0.3 is 14.6 Å². The molecule has 3 aromatic rings. The normalized spacial score (nSPS) is 11.1. The molecular weight excluding hydrogens is 390 g/mol. The van der Waals surface area contributed by atoms with Crippen molar-refractivity contribution < 1.29 is 14.6 Å². The van der Waals surface area contributed by atoms with Crippen molar-refractivity contribution in [2.24, 2.45) is 0 Å². The van der Waals surface area contributed by atoms with Crippen LogP contribution in [0.1, 0.15) is 16.8 Å². The summed E-state index contributed by atoms with van der Waals surface area (Å²) >= 11 is 6.58. The second-order valence-corrected chi connectivity index (χ2v) is 7.20. The maximum absolute atomic E-state index is 9.05. The molecule has 0 aliphatic carbocycles. The third kappa shape index (κ3) is 5.09. The van der Waals surface area contributed by atoms with E-state index in [4.69, 9.17) is 26.2 Å². The van der Waals surface area contributed by atoms with Gasteiger partial charge in [-0.15, -0.1) is 0 Å². The Balaban J connectivity index is 1.75. The minimum absolute atomic E-state index is 0.131. The van der Waals surface area contributed by atoms with Crippen LogP contribution in [-0.2, 0) is 13.2 Å². The highest BCUT2D eigenvalue weighted by molar-refractivity contribution is 6.30. The van der Waals surface area contributed by atoms with E-state index < -0.39 is 0 Å². The highest BCUT2D eigenvalue weighted by Crippen LogP contribution is 2.31. The lowest BCUT2D eigenvalue weighted by Gasteiger charge is -2.17. The molecule has 2 aromatic carbocycles. The quantitative estimate of drug-likeness (QED) is 0.575. The minimum atomic E-state index is 0.131. The Morgan fingerprint density at radius 3 is 2.59 bits per heavy atom. The first-order valence-corrected chi connectivity index (χ1v) is 9.79. The second-order valence-electron chi connectivity index (χ2n) is 6.84. The van der Waals surface area contributed by atoms with E-state index in [-0.39, 0.29) is 13.2 Å². The number of halogens is 1. The fourth-order valence-electron chi connectivity index (χ4n) is 3.08. The molecule has 3 rings (SSSR count). The van der Waals surface area contributed by atoms with Crippen molar-refractivity contribution in [2.75, 3.05) is 27.3 Å². The first kappa shape index (κ1) is 21.2. The Morgan fingerprint density at radius 2 is 1.90 bits per heavy atom. The van der Waals surface area contributed by atoms with E-state index in [0.717, 1.165) is 22.5 Å². The molecule has 7 heteroatoms. The number of aryl methyl sites for hydroxylation is 1. The Kier molecular flexibility index (Phi) is 7.14. The van der Waals surface area contributed by atoms with Gasteiger partial charge in [0.25, 0.3) is 0 Å². The molecule has 1 N–H and O–H groups in total. The third-order valence-corrected chi connectivity index (χ3v) is 5.04. The van der Waals surface area contributed by atoms with Gasteiger partial charge in [-0.25, -0.2) is 4.68 Å². The van der Waals surface area contributed by atoms with Gasteiger partial charge in [0.1, 0.15) is 11.8 Å². The second kappa shape index (κ2) is 9.78. The van der Waals surface area contributed by atoms with Gasteiger partial charge in [0.05, 0.1) is 25.1 Å². The molecule has 154 valence electrons. The predicted molar refractivity (Wildman–Crippen MR) is 114 cm³/mol. The first-order chi connectivity index (χ1) is 14.0. The van der Waals surface area contributed by atoms with E-state index in [9.17, 15) is 0 Å². The summed E-state index contributed by atoms with van der Waals surface area (Å²) in [6.07, 6.45) is 0. The van der Waals surface area contributed by atoms with Gasteiger partial charge in [-0.3, -0.25) is 4.90 Å². The molecule has 0 saturated carbocycles. The summed E-state index contributed by atoms with van der Waals surface area (Å²) in [4.78, 5) is 2.04. The fourth-order valence-corrected chi connectivity index (χ4v) is 3.40. The molecule has 0 radical (unpaired) electrons. The summed E-state index contributed by atoms with van der Waals surface area (Å²) in [7, 11) is 3.58. The zero-order valence-corrected chi connectivity index (χ0v) is 17.7. The standard InChI is InChI=1S/C22H26ClN3O3/c1-16-19(22(23)26(24-16)18-7-5-4-6-8-18)15-29-20-10-9-17(13-21(20)28-3)14-25(2)11-12-27/h4-10,13,27H,11-12,14-15H2,1-3H3. The maximum atomic E-state index is 9.05. The van der Waals surface area contributed by atoms with Crippen LogP contribution in [0.2, 0.25) is 5.15 Å². The zero-order valence-electron chi connectivity index (χ0n) is 16.9. The number of benzene rings is 2. The molecule has 6 nitrogen and oxygen atoms in total. The first-order valence-electron chi connectivity index (χ1n) is 9.42. The number of aliphatic hydroxyl groups is 1. The van der Waals surface area contributed by atoms with Crippen molar-refractivity contribution in [3.63, 3.8) is 0 Å². The monoisotopic (exact) mass is 415 g/mol. The molecule has 0 aliphatic rings. The average Bonchev–Trinajstić information content (AvgIpc) is 3.01. The van der Waals surface area contributed by atoms with Crippen molar-refractivity contribution >= 4 is 11.6 Å². The smallest absolute Gasteiger partial charge is 0.161 e. The summed E-state index contributed by atoms with van der Waals surface area (Å²) in [6.45, 7) is 3.67. The van der Waals surface area contributed by atoms with Crippen LogP contribution in [0.3, 0.4) is 0 Å². The molecule has 0 aliphatic heterocycles. The van der Waals surface area contributed by atoms with Crippen molar-refractivity contribution in [1.82, 2.24) is 14.7 Å². The molecule has 0 unspecified atom stereocenters. The van der Waals surface area contributed by atoms with Gasteiger partial charge >= 0.3 is 0 Å². The lowest BCUT2D eigenvalue weighted by Crippen LogP contribution is -2.21. The average molecular weight is 416 g/mol. The zero-order chi connectivity index (χ0) is 20.8. The molecule has 29 heavy (non-hydrogen) atoms. The topological polar surface area (TPSA) is 59.8 Å². The number of nitrogens with zero attached hydrogens (tertiary/aromatic N) is 3. The van der Waals surface area contributed by atoms with Crippen LogP contribution in [0, 0.1) is 6.92 Å². The lowest BCUT2D eigenvalue weighted by atomic mass is 10.2. The molecule has 0 amide bonds. The highest BCUT2D eigenvalue weighted by Gasteiger charge is 2.16. The Labute approximate surface area is 176 Å². The van der Waals surface area contributed by atoms with Crippen LogP contribution in [0.15, 0.2) is 48.5 Å². The molecule has 0 saturated heterocycles. The Morgan fingerprint density at radius 1 is 1.14 bits per heavy atom. The van der Waals surface area contributed by atoms with E-state index in [2.05, 4.69) is 5.10 Å². The molecule has 0 atom stereocenters. The number of methoxy groups -OCH3 is 1. The molecule has 0 fully saturated rings. The van der Waals surface area contributed by atoms with Gasteiger partial charge in [0, 0.05) is 18.7 Å². The summed E-state index contributed by atoms with van der Waals surface area (Å²) in [5.74, 6) is 1.30. The summed E-state index contributed by atoms with van der Waals surface area (Å²) in [6, 6.07) is 15.6. The number of ether oxygens (including phenoxy) is 2. The Bertz CT molecular complexity index is 944. The van der Waals surface area contributed by atoms with Gasteiger partial charge in [0.15, 0.2) is 11.5 Å². The molecular formula is C22H26ClN3O3. The van der Waals surface area contributed by atoms with Gasteiger partial charge in [-0.05, 0) is 43.8 Å². The maximum Gasteiger partial charge on any atom is 0.161 e. The number of hydrogen-bond acceptors (Lipinski definition) is 5. The van der Waals surface area contributed by atoms with Crippen molar-refractivity contribution in [1.29, 1.82) is 0 Å². The molecule has 1 aromatic heterocycles. The largest absolute Gasteiger partial charge is 0.493 e. The van der Waals surface area contributed by atoms with Gasteiger partial charge in [0.2, 0.25) is 0 Å². The van der Waals surface area contributed by atoms with Crippen LogP contribution in [0.4, 0.5) is 0 Å². The van der Waals surface area contributed by atoms with Gasteiger partial charge in [-0.2, -0.15) is 5.10 Å². The fraction of sp³-hybridized carbons (Fsp3) is 0.318. The van der Waals surface area contributed by atoms with E-state index in [0.29, 0.717) is 29.7 Å². The molecule has 0 spiro atoms. The predicted octanol–water partition coefficient (Wildman–Crippen LogP) is 3.85. The van der Waals surface area contributed by atoms with Crippen molar-refractivity contribution in [3.8, 4) is 17.2 Å². The van der Waals surface area contributed by atoms with E-state index in [1.807, 2.05) is 67.4 Å². The number of likely N-dealkylation sites (N-methyl/N-ethyl adjacent to an activating group) is 1. The SMILES string of the molecule is COc1cc(CN(C)CCO)ccc1OCc1c(C)nn(-c2ccccc2)c1Cl. The lowest BCUT2D eigenvalue weighted by molar-refractivity contribution is 0.217. The Hall–Kier alpha value is -2.54. The minimum Gasteiger partial charge on any atom is -0.493 e. The number of hydrogen-bond donors (Lipinski definition) is 1. The highest BCUT2D eigenvalue weighted by atomic mass is 35.5. The van der Waals surface area contributed by atoms with E-state index >= 15 is 0 Å². The summed E-state index contributed by atoms with van der Waals surface area (Å²) in [5.41, 5.74) is 3.64. The van der Waals surface area contributed by atoms with Gasteiger partial charge in [-0.1, -0.05) is 35.9 Å². The number of para-hydroxylation sites is 1. The van der Waals surface area contributed by atoms with Crippen molar-refractivity contribution in [3.05, 3.63) is 70.5 Å². The van der Waals surface area contributed by atoms with E-state index in [1.165, 1.54) is 0 Å². The number of aliphatic hydroxyl groups excluding tert-OH is 1. The van der Waals surface area contributed by atoms with Crippen LogP contribution in [-0.4, -0.2) is 47.1 Å².